The third kappa shape index (κ3) is 4.17. The first-order chi connectivity index (χ1) is 13.8. The maximum absolute atomic E-state index is 12.9. The van der Waals surface area contributed by atoms with Crippen LogP contribution in [0.2, 0.25) is 0 Å². The molecule has 0 aliphatic carbocycles. The zero-order valence-corrected chi connectivity index (χ0v) is 15.5. The molecule has 6 nitrogen and oxygen atoms in total. The highest BCUT2D eigenvalue weighted by Crippen LogP contribution is 2.29. The third-order valence-corrected chi connectivity index (χ3v) is 5.03. The number of piperidine rings is 1. The van der Waals surface area contributed by atoms with E-state index in [4.69, 9.17) is 4.74 Å². The van der Waals surface area contributed by atoms with E-state index in [1.54, 1.807) is 31.0 Å². The molecule has 0 saturated carbocycles. The van der Waals surface area contributed by atoms with Gasteiger partial charge in [0.2, 0.25) is 0 Å². The van der Waals surface area contributed by atoms with Crippen LogP contribution in [0, 0.1) is 5.92 Å². The minimum atomic E-state index is -0.444. The molecular weight excluding hydrogens is 352 g/mol. The average molecular weight is 374 g/mol. The van der Waals surface area contributed by atoms with E-state index in [1.165, 1.54) is 0 Å². The fraction of sp³-hybridized carbons (Fsp3) is 0.273. The monoisotopic (exact) mass is 374 g/mol. The Bertz CT molecular complexity index is 843. The van der Waals surface area contributed by atoms with Gasteiger partial charge in [-0.25, -0.2) is 4.98 Å². The van der Waals surface area contributed by atoms with Crippen molar-refractivity contribution in [2.45, 2.75) is 18.9 Å². The van der Waals surface area contributed by atoms with Crippen LogP contribution in [0.15, 0.2) is 73.4 Å². The fourth-order valence-corrected chi connectivity index (χ4v) is 3.50. The molecule has 1 saturated heterocycles. The molecule has 1 atom stereocenters. The molecule has 0 unspecified atom stereocenters. The van der Waals surface area contributed by atoms with Crippen LogP contribution in [0.5, 0.6) is 0 Å². The number of ether oxygens (including phenoxy) is 1. The van der Waals surface area contributed by atoms with Crippen molar-refractivity contribution in [1.82, 2.24) is 15.0 Å². The number of hydrogen-bond acceptors (Lipinski definition) is 6. The van der Waals surface area contributed by atoms with E-state index in [2.05, 4.69) is 19.9 Å². The Morgan fingerprint density at radius 2 is 1.68 bits per heavy atom. The summed E-state index contributed by atoms with van der Waals surface area (Å²) in [5.74, 6) is 0.583. The van der Waals surface area contributed by atoms with Crippen molar-refractivity contribution in [3.8, 4) is 0 Å². The fourth-order valence-electron chi connectivity index (χ4n) is 3.50. The maximum Gasteiger partial charge on any atom is 0.310 e. The van der Waals surface area contributed by atoms with Gasteiger partial charge in [-0.3, -0.25) is 14.8 Å². The Kier molecular flexibility index (Phi) is 5.56. The van der Waals surface area contributed by atoms with Crippen LogP contribution >= 0.6 is 0 Å². The van der Waals surface area contributed by atoms with E-state index in [0.717, 1.165) is 42.9 Å². The van der Waals surface area contributed by atoms with Gasteiger partial charge in [-0.05, 0) is 24.5 Å². The van der Waals surface area contributed by atoms with E-state index >= 15 is 0 Å². The van der Waals surface area contributed by atoms with Crippen molar-refractivity contribution in [3.05, 3.63) is 84.6 Å². The van der Waals surface area contributed by atoms with E-state index in [9.17, 15) is 4.79 Å². The number of esters is 1. The first-order valence-corrected chi connectivity index (χ1v) is 9.47. The van der Waals surface area contributed by atoms with E-state index in [-0.39, 0.29) is 11.9 Å². The molecule has 4 rings (SSSR count). The van der Waals surface area contributed by atoms with Crippen LogP contribution in [0.3, 0.4) is 0 Å². The summed E-state index contributed by atoms with van der Waals surface area (Å²) in [4.78, 5) is 27.7. The van der Waals surface area contributed by atoms with Crippen molar-refractivity contribution in [1.29, 1.82) is 0 Å². The highest BCUT2D eigenvalue weighted by Gasteiger charge is 2.29. The Morgan fingerprint density at radius 1 is 0.929 bits per heavy atom. The molecule has 142 valence electrons. The van der Waals surface area contributed by atoms with E-state index in [0.29, 0.717) is 0 Å². The Hall–Kier alpha value is -3.28. The summed E-state index contributed by atoms with van der Waals surface area (Å²) < 4.78 is 5.98. The second kappa shape index (κ2) is 8.61. The number of hydrogen-bond donors (Lipinski definition) is 0. The topological polar surface area (TPSA) is 68.2 Å². The second-order valence-corrected chi connectivity index (χ2v) is 6.84. The van der Waals surface area contributed by atoms with Gasteiger partial charge < -0.3 is 9.64 Å². The standard InChI is InChI=1S/C22H22N4O2/c27-22(18-8-13-26(14-9-18)20-16-24-11-12-25-20)28-21(17-5-2-1-3-6-17)19-7-4-10-23-15-19/h1-7,10-12,15-16,18,21H,8-9,13-14H2/t21-/m0/s1. The predicted molar refractivity (Wildman–Crippen MR) is 106 cm³/mol. The molecule has 0 spiro atoms. The first-order valence-electron chi connectivity index (χ1n) is 9.47. The summed E-state index contributed by atoms with van der Waals surface area (Å²) in [6.07, 6.45) is 9.61. The molecule has 28 heavy (non-hydrogen) atoms. The Labute approximate surface area is 164 Å². The smallest absolute Gasteiger partial charge is 0.310 e. The zero-order valence-electron chi connectivity index (χ0n) is 15.5. The third-order valence-electron chi connectivity index (χ3n) is 5.03. The van der Waals surface area contributed by atoms with Crippen LogP contribution < -0.4 is 4.90 Å². The van der Waals surface area contributed by atoms with Gasteiger partial charge in [0.25, 0.3) is 0 Å². The number of benzene rings is 1. The molecule has 0 radical (unpaired) electrons. The number of nitrogens with zero attached hydrogens (tertiary/aromatic N) is 4. The number of carbonyl (C=O) groups excluding carboxylic acids is 1. The van der Waals surface area contributed by atoms with Crippen LogP contribution in [-0.2, 0) is 9.53 Å². The Morgan fingerprint density at radius 3 is 2.36 bits per heavy atom. The summed E-state index contributed by atoms with van der Waals surface area (Å²) in [5.41, 5.74) is 1.82. The van der Waals surface area contributed by atoms with Gasteiger partial charge in [-0.2, -0.15) is 0 Å². The van der Waals surface area contributed by atoms with Gasteiger partial charge in [0, 0.05) is 43.4 Å². The summed E-state index contributed by atoms with van der Waals surface area (Å²) in [5, 5.41) is 0. The van der Waals surface area contributed by atoms with E-state index < -0.39 is 6.10 Å². The summed E-state index contributed by atoms with van der Waals surface area (Å²) in [6.45, 7) is 1.53. The number of rotatable bonds is 5. The van der Waals surface area contributed by atoms with Gasteiger partial charge in [-0.15, -0.1) is 0 Å². The molecule has 1 fully saturated rings. The number of pyridine rings is 1. The molecule has 3 heterocycles. The van der Waals surface area contributed by atoms with Crippen molar-refractivity contribution < 1.29 is 9.53 Å². The second-order valence-electron chi connectivity index (χ2n) is 6.84. The van der Waals surface area contributed by atoms with Gasteiger partial charge in [0.1, 0.15) is 5.82 Å². The van der Waals surface area contributed by atoms with Crippen molar-refractivity contribution in [3.63, 3.8) is 0 Å². The SMILES string of the molecule is O=C(O[C@@H](c1ccccc1)c1cccnc1)C1CCN(c2cnccn2)CC1. The summed E-state index contributed by atoms with van der Waals surface area (Å²) in [7, 11) is 0. The average Bonchev–Trinajstić information content (AvgIpc) is 2.79. The highest BCUT2D eigenvalue weighted by atomic mass is 16.5. The highest BCUT2D eigenvalue weighted by molar-refractivity contribution is 5.73. The summed E-state index contributed by atoms with van der Waals surface area (Å²) in [6, 6.07) is 13.6. The quantitative estimate of drug-likeness (QED) is 0.638. The van der Waals surface area contributed by atoms with Crippen LogP contribution in [0.25, 0.3) is 0 Å². The number of carbonyl (C=O) groups is 1. The lowest BCUT2D eigenvalue weighted by molar-refractivity contribution is -0.153. The van der Waals surface area contributed by atoms with Crippen LogP contribution in [0.4, 0.5) is 5.82 Å². The lowest BCUT2D eigenvalue weighted by Gasteiger charge is -2.32. The number of aromatic nitrogens is 3. The molecule has 1 aliphatic heterocycles. The zero-order chi connectivity index (χ0) is 19.2. The van der Waals surface area contributed by atoms with Crippen molar-refractivity contribution >= 4 is 11.8 Å². The number of anilines is 1. The lowest BCUT2D eigenvalue weighted by Crippen LogP contribution is -2.37. The first kappa shape index (κ1) is 18.1. The molecule has 1 aromatic carbocycles. The molecule has 1 aliphatic rings. The molecular formula is C22H22N4O2. The normalized spacial score (nSPS) is 15.8. The van der Waals surface area contributed by atoms with Gasteiger partial charge in [0.05, 0.1) is 12.1 Å². The minimum Gasteiger partial charge on any atom is -0.452 e. The van der Waals surface area contributed by atoms with Gasteiger partial charge >= 0.3 is 5.97 Å². The molecule has 2 aromatic heterocycles. The molecule has 0 bridgehead atoms. The molecule has 3 aromatic rings. The van der Waals surface area contributed by atoms with Crippen molar-refractivity contribution in [2.24, 2.45) is 5.92 Å². The summed E-state index contributed by atoms with van der Waals surface area (Å²) >= 11 is 0. The lowest BCUT2D eigenvalue weighted by atomic mass is 9.96. The van der Waals surface area contributed by atoms with Crippen molar-refractivity contribution in [2.75, 3.05) is 18.0 Å². The van der Waals surface area contributed by atoms with Crippen LogP contribution in [0.1, 0.15) is 30.1 Å². The van der Waals surface area contributed by atoms with Crippen LogP contribution in [-0.4, -0.2) is 34.0 Å². The van der Waals surface area contributed by atoms with Gasteiger partial charge in [-0.1, -0.05) is 36.4 Å². The predicted octanol–water partition coefficient (Wildman–Crippen LogP) is 3.42. The minimum absolute atomic E-state index is 0.115. The maximum atomic E-state index is 12.9. The Balaban J connectivity index is 1.44. The molecule has 6 heteroatoms. The van der Waals surface area contributed by atoms with E-state index in [1.807, 2.05) is 42.5 Å². The largest absolute Gasteiger partial charge is 0.452 e. The molecule has 0 amide bonds. The van der Waals surface area contributed by atoms with Gasteiger partial charge in [0.15, 0.2) is 6.10 Å². The molecule has 0 N–H and O–H groups in total.